The molecule has 0 saturated carbocycles. The minimum Gasteiger partial charge on any atom is -0.387 e. The van der Waals surface area contributed by atoms with Gasteiger partial charge in [-0.25, -0.2) is 13.8 Å². The predicted octanol–water partition coefficient (Wildman–Crippen LogP) is 5.58. The largest absolute Gasteiger partial charge is 0.387 e. The fourth-order valence-electron chi connectivity index (χ4n) is 3.40. The van der Waals surface area contributed by atoms with E-state index in [2.05, 4.69) is 29.2 Å². The van der Waals surface area contributed by atoms with Gasteiger partial charge in [-0.1, -0.05) is 55.5 Å². The minimum atomic E-state index is -1.85. The number of halogens is 3. The van der Waals surface area contributed by atoms with Crippen LogP contribution in [0.4, 0.5) is 13.2 Å². The van der Waals surface area contributed by atoms with Crippen molar-refractivity contribution in [1.82, 2.24) is 4.98 Å². The van der Waals surface area contributed by atoms with E-state index in [1.165, 1.54) is 23.6 Å². The van der Waals surface area contributed by atoms with Gasteiger partial charge < -0.3 is 5.11 Å². The molecule has 1 heterocycles. The van der Waals surface area contributed by atoms with Crippen molar-refractivity contribution < 1.29 is 18.3 Å². The zero-order chi connectivity index (χ0) is 20.3. The maximum atomic E-state index is 14.3. The van der Waals surface area contributed by atoms with E-state index in [-0.39, 0.29) is 6.42 Å². The number of pyridine rings is 1. The van der Waals surface area contributed by atoms with Gasteiger partial charge in [0.15, 0.2) is 0 Å². The second-order valence-corrected chi connectivity index (χ2v) is 7.36. The van der Waals surface area contributed by atoms with Gasteiger partial charge in [0.25, 0.3) is 0 Å². The Balaban J connectivity index is 0.000000185. The van der Waals surface area contributed by atoms with Crippen molar-refractivity contribution in [2.75, 3.05) is 6.67 Å². The monoisotopic (exact) mass is 387 g/mol. The van der Waals surface area contributed by atoms with Gasteiger partial charge in [-0.3, -0.25) is 4.39 Å². The molecule has 0 bridgehead atoms. The summed E-state index contributed by atoms with van der Waals surface area (Å²) < 4.78 is 40.0. The molecule has 2 nitrogen and oxygen atoms in total. The standard InChI is InChI=1S/C14H19F3O.C9H5N/c1-10(16)12(18)13(17)14(2,8-9-15)11-6-4-3-5-7-11;1-2-4-8-6(3-1)7-5-9(7)10-8/h3-7,10,12-13,18H,8-9H2,1-2H3;1-5H. The molecule has 4 atom stereocenters. The molecule has 1 aliphatic carbocycles. The number of rotatable bonds is 6. The molecular formula is C23H24F3NO. The van der Waals surface area contributed by atoms with Crippen molar-refractivity contribution >= 4 is 10.9 Å². The zero-order valence-electron chi connectivity index (χ0n) is 15.9. The molecule has 0 spiro atoms. The van der Waals surface area contributed by atoms with Crippen LogP contribution in [0.1, 0.15) is 25.8 Å². The van der Waals surface area contributed by atoms with Crippen molar-refractivity contribution in [3.05, 3.63) is 66.2 Å². The second kappa shape index (κ2) is 8.31. The molecule has 0 fully saturated rings. The molecule has 1 aliphatic heterocycles. The highest BCUT2D eigenvalue weighted by atomic mass is 19.1. The van der Waals surface area contributed by atoms with Gasteiger partial charge >= 0.3 is 0 Å². The zero-order valence-corrected chi connectivity index (χ0v) is 15.9. The molecule has 2 aliphatic rings. The van der Waals surface area contributed by atoms with Crippen molar-refractivity contribution in [3.63, 3.8) is 0 Å². The average Bonchev–Trinajstić information content (AvgIpc) is 3.39. The fourth-order valence-corrected chi connectivity index (χ4v) is 3.40. The molecule has 2 aromatic carbocycles. The van der Waals surface area contributed by atoms with Crippen LogP contribution in [-0.2, 0) is 5.41 Å². The molecule has 1 N–H and O–H groups in total. The van der Waals surface area contributed by atoms with E-state index < -0.39 is 30.5 Å². The number of alkyl halides is 3. The third-order valence-electron chi connectivity index (χ3n) is 5.33. The third kappa shape index (κ3) is 4.04. The maximum absolute atomic E-state index is 14.3. The Morgan fingerprint density at radius 1 is 1.04 bits per heavy atom. The normalized spacial score (nSPS) is 17.1. The van der Waals surface area contributed by atoms with Crippen LogP contribution in [0.5, 0.6) is 0 Å². The summed E-state index contributed by atoms with van der Waals surface area (Å²) in [6.45, 7) is 1.88. The Kier molecular flexibility index (Phi) is 6.04. The van der Waals surface area contributed by atoms with Crippen molar-refractivity contribution in [1.29, 1.82) is 0 Å². The van der Waals surface area contributed by atoms with Crippen LogP contribution in [0.15, 0.2) is 60.7 Å². The van der Waals surface area contributed by atoms with Crippen LogP contribution in [0.3, 0.4) is 0 Å². The predicted molar refractivity (Wildman–Crippen MR) is 107 cm³/mol. The second-order valence-electron chi connectivity index (χ2n) is 7.36. The maximum Gasteiger partial charge on any atom is 0.138 e. The first kappa shape index (κ1) is 20.3. The van der Waals surface area contributed by atoms with E-state index in [0.717, 1.165) is 12.4 Å². The van der Waals surface area contributed by atoms with Crippen molar-refractivity contribution in [2.24, 2.45) is 0 Å². The van der Waals surface area contributed by atoms with Gasteiger partial charge in [0.05, 0.1) is 17.9 Å². The van der Waals surface area contributed by atoms with E-state index in [4.69, 9.17) is 0 Å². The lowest BCUT2D eigenvalue weighted by Gasteiger charge is -2.35. The minimum absolute atomic E-state index is 0.0953. The number of hydrogen-bond donors (Lipinski definition) is 1. The number of aromatic nitrogens is 1. The summed E-state index contributed by atoms with van der Waals surface area (Å²) in [6.07, 6.45) is -5.39. The first-order valence-electron chi connectivity index (χ1n) is 9.36. The summed E-state index contributed by atoms with van der Waals surface area (Å²) in [6, 6.07) is 18.9. The molecular weight excluding hydrogens is 363 g/mol. The number of aliphatic hydroxyl groups excluding tert-OH is 1. The van der Waals surface area contributed by atoms with Gasteiger partial charge in [0.2, 0.25) is 0 Å². The number of fused-ring (bicyclic) bond motifs is 3. The number of benzene rings is 2. The van der Waals surface area contributed by atoms with E-state index in [1.54, 1.807) is 30.3 Å². The van der Waals surface area contributed by atoms with Crippen LogP contribution in [0.2, 0.25) is 0 Å². The molecule has 0 radical (unpaired) electrons. The summed E-state index contributed by atoms with van der Waals surface area (Å²) in [5.41, 5.74) is 3.00. The Hall–Kier alpha value is -2.40. The average molecular weight is 387 g/mol. The summed E-state index contributed by atoms with van der Waals surface area (Å²) in [4.78, 5) is 4.35. The molecule has 148 valence electrons. The first-order chi connectivity index (χ1) is 13.4. The highest BCUT2D eigenvalue weighted by molar-refractivity contribution is 6.04. The highest BCUT2D eigenvalue weighted by Gasteiger charge is 2.42. The Bertz CT molecular complexity index is 932. The SMILES string of the molecule is CC(F)C(O)C(F)C(C)(CCF)c1ccccc1.c1ccc2c3cc-3nc2c1. The Labute approximate surface area is 163 Å². The summed E-state index contributed by atoms with van der Waals surface area (Å²) in [7, 11) is 0. The van der Waals surface area contributed by atoms with Crippen molar-refractivity contribution in [3.8, 4) is 11.3 Å². The van der Waals surface area contributed by atoms with E-state index in [1.807, 2.05) is 6.07 Å². The molecule has 28 heavy (non-hydrogen) atoms. The van der Waals surface area contributed by atoms with Crippen LogP contribution < -0.4 is 0 Å². The summed E-state index contributed by atoms with van der Waals surface area (Å²) in [5, 5.41) is 10.8. The summed E-state index contributed by atoms with van der Waals surface area (Å²) >= 11 is 0. The van der Waals surface area contributed by atoms with Gasteiger partial charge in [-0.15, -0.1) is 0 Å². The molecule has 5 heteroatoms. The van der Waals surface area contributed by atoms with E-state index in [0.29, 0.717) is 5.56 Å². The smallest absolute Gasteiger partial charge is 0.138 e. The van der Waals surface area contributed by atoms with Crippen LogP contribution in [0.25, 0.3) is 22.2 Å². The fraction of sp³-hybridized carbons (Fsp3) is 0.348. The third-order valence-corrected chi connectivity index (χ3v) is 5.33. The summed E-state index contributed by atoms with van der Waals surface area (Å²) in [5.74, 6) is 0. The molecule has 4 unspecified atom stereocenters. The van der Waals surface area contributed by atoms with Gasteiger partial charge in [-0.05, 0) is 31.0 Å². The molecule has 0 saturated heterocycles. The number of hydrogen-bond acceptors (Lipinski definition) is 2. The quantitative estimate of drug-likeness (QED) is 0.469. The number of nitrogens with zero attached hydrogens (tertiary/aromatic N) is 1. The lowest BCUT2D eigenvalue weighted by Crippen LogP contribution is -2.45. The Morgan fingerprint density at radius 3 is 2.29 bits per heavy atom. The van der Waals surface area contributed by atoms with Gasteiger partial charge in [0, 0.05) is 16.4 Å². The Morgan fingerprint density at radius 2 is 1.68 bits per heavy atom. The van der Waals surface area contributed by atoms with Crippen LogP contribution in [-0.4, -0.2) is 35.2 Å². The number of para-hydroxylation sites is 1. The van der Waals surface area contributed by atoms with E-state index >= 15 is 0 Å². The van der Waals surface area contributed by atoms with Gasteiger partial charge in [0.1, 0.15) is 18.4 Å². The highest BCUT2D eigenvalue weighted by Crippen LogP contribution is 2.39. The molecule has 2 aromatic rings. The molecule has 0 amide bonds. The molecule has 4 rings (SSSR count). The lowest BCUT2D eigenvalue weighted by molar-refractivity contribution is -0.0180. The van der Waals surface area contributed by atoms with E-state index in [9.17, 15) is 18.3 Å². The van der Waals surface area contributed by atoms with Crippen LogP contribution >= 0.6 is 0 Å². The van der Waals surface area contributed by atoms with Crippen LogP contribution in [0, 0.1) is 0 Å². The first-order valence-corrected chi connectivity index (χ1v) is 9.36. The number of aliphatic hydroxyl groups is 1. The topological polar surface area (TPSA) is 33.1 Å². The van der Waals surface area contributed by atoms with Crippen molar-refractivity contribution in [2.45, 2.75) is 44.1 Å². The van der Waals surface area contributed by atoms with Gasteiger partial charge in [-0.2, -0.15) is 0 Å². The molecule has 0 aromatic heterocycles. The lowest BCUT2D eigenvalue weighted by atomic mass is 9.73.